The van der Waals surface area contributed by atoms with E-state index in [9.17, 15) is 4.79 Å². The summed E-state index contributed by atoms with van der Waals surface area (Å²) >= 11 is 0. The van der Waals surface area contributed by atoms with Crippen molar-refractivity contribution < 1.29 is 24.1 Å². The van der Waals surface area contributed by atoms with Gasteiger partial charge in [-0.1, -0.05) is 36.4 Å². The van der Waals surface area contributed by atoms with Crippen molar-refractivity contribution in [3.63, 3.8) is 0 Å². The maximum Gasteiger partial charge on any atom is 0.230 e. The second-order valence-electron chi connectivity index (χ2n) is 7.63. The summed E-state index contributed by atoms with van der Waals surface area (Å²) in [5, 5.41) is 2.96. The van der Waals surface area contributed by atoms with Crippen molar-refractivity contribution in [3.8, 4) is 11.5 Å². The van der Waals surface area contributed by atoms with E-state index in [1.807, 2.05) is 18.2 Å². The normalized spacial score (nSPS) is 18.9. The number of ether oxygens (including phenoxy) is 2. The minimum absolute atomic E-state index is 0.0199. The Morgan fingerprint density at radius 3 is 2.43 bits per heavy atom. The topological polar surface area (TPSA) is 56.4 Å². The van der Waals surface area contributed by atoms with Crippen molar-refractivity contribution in [3.05, 3.63) is 60.2 Å². The minimum Gasteiger partial charge on any atom is -0.497 e. The third kappa shape index (κ3) is 6.61. The Kier molecular flexibility index (Phi) is 8.30. The van der Waals surface area contributed by atoms with Gasteiger partial charge in [-0.3, -0.25) is 4.79 Å². The number of hydrogen-bond donors (Lipinski definition) is 3. The summed E-state index contributed by atoms with van der Waals surface area (Å²) < 4.78 is 10.5. The van der Waals surface area contributed by atoms with Gasteiger partial charge < -0.3 is 24.6 Å². The Labute approximate surface area is 179 Å². The SMILES string of the molecule is COc1ccc(NC(=O)CC[NH+]2CC[NH+](C/C=C/c3ccccc3)CC2)c(OC)c1. The number of amides is 1. The molecule has 1 aliphatic rings. The maximum atomic E-state index is 12.4. The molecule has 30 heavy (non-hydrogen) atoms. The summed E-state index contributed by atoms with van der Waals surface area (Å²) in [6, 6.07) is 15.8. The molecule has 2 aromatic rings. The van der Waals surface area contributed by atoms with Crippen LogP contribution in [0.3, 0.4) is 0 Å². The highest BCUT2D eigenvalue weighted by atomic mass is 16.5. The van der Waals surface area contributed by atoms with Gasteiger partial charge in [-0.15, -0.1) is 0 Å². The predicted octanol–water partition coefficient (Wildman–Crippen LogP) is 0.529. The number of anilines is 1. The van der Waals surface area contributed by atoms with Crippen LogP contribution in [0.25, 0.3) is 6.08 Å². The van der Waals surface area contributed by atoms with Crippen molar-refractivity contribution in [2.45, 2.75) is 6.42 Å². The summed E-state index contributed by atoms with van der Waals surface area (Å²) in [6.45, 7) is 6.41. The summed E-state index contributed by atoms with van der Waals surface area (Å²) in [4.78, 5) is 15.5. The molecule has 0 atom stereocenters. The molecule has 1 amide bonds. The summed E-state index contributed by atoms with van der Waals surface area (Å²) in [7, 11) is 3.20. The first kappa shape index (κ1) is 21.9. The van der Waals surface area contributed by atoms with E-state index in [-0.39, 0.29) is 5.91 Å². The van der Waals surface area contributed by atoms with E-state index in [2.05, 4.69) is 41.7 Å². The molecule has 0 aliphatic carbocycles. The van der Waals surface area contributed by atoms with Crippen LogP contribution in [0.1, 0.15) is 12.0 Å². The van der Waals surface area contributed by atoms with Gasteiger partial charge in [0.2, 0.25) is 5.91 Å². The lowest BCUT2D eigenvalue weighted by Gasteiger charge is -2.29. The van der Waals surface area contributed by atoms with Crippen LogP contribution in [0.15, 0.2) is 54.6 Å². The van der Waals surface area contributed by atoms with Crippen LogP contribution in [0.4, 0.5) is 5.69 Å². The van der Waals surface area contributed by atoms with Gasteiger partial charge in [-0.2, -0.15) is 0 Å². The molecule has 0 unspecified atom stereocenters. The Balaban J connectivity index is 1.37. The van der Waals surface area contributed by atoms with E-state index in [0.29, 0.717) is 23.6 Å². The molecule has 3 N–H and O–H groups in total. The van der Waals surface area contributed by atoms with Crippen molar-refractivity contribution >= 4 is 17.7 Å². The number of carbonyl (C=O) groups excluding carboxylic acids is 1. The number of hydrogen-bond acceptors (Lipinski definition) is 3. The first-order valence-electron chi connectivity index (χ1n) is 10.6. The molecule has 3 rings (SSSR count). The van der Waals surface area contributed by atoms with Gasteiger partial charge in [-0.25, -0.2) is 0 Å². The maximum absolute atomic E-state index is 12.4. The van der Waals surface area contributed by atoms with E-state index >= 15 is 0 Å². The Morgan fingerprint density at radius 1 is 1.00 bits per heavy atom. The highest BCUT2D eigenvalue weighted by Crippen LogP contribution is 2.28. The smallest absolute Gasteiger partial charge is 0.230 e. The number of rotatable bonds is 9. The molecule has 160 valence electrons. The lowest BCUT2D eigenvalue weighted by Crippen LogP contribution is -3.28. The third-order valence-electron chi connectivity index (χ3n) is 5.57. The predicted molar refractivity (Wildman–Crippen MR) is 119 cm³/mol. The van der Waals surface area contributed by atoms with Crippen molar-refractivity contribution in [1.82, 2.24) is 0 Å². The number of piperazine rings is 1. The first-order valence-corrected chi connectivity index (χ1v) is 10.6. The van der Waals surface area contributed by atoms with E-state index in [4.69, 9.17) is 9.47 Å². The largest absolute Gasteiger partial charge is 0.497 e. The second kappa shape index (κ2) is 11.4. The van der Waals surface area contributed by atoms with E-state index < -0.39 is 0 Å². The molecule has 0 radical (unpaired) electrons. The standard InChI is InChI=1S/C24H31N3O3/c1-29-21-10-11-22(23(19-21)30-2)25-24(28)12-14-27-17-15-26(16-18-27)13-6-9-20-7-4-3-5-8-20/h3-11,19H,12-18H2,1-2H3,(H,25,28)/p+2/b9-6+. The van der Waals surface area contributed by atoms with Crippen LogP contribution in [0.5, 0.6) is 11.5 Å². The Bertz CT molecular complexity index is 831. The molecule has 6 nitrogen and oxygen atoms in total. The van der Waals surface area contributed by atoms with E-state index in [1.54, 1.807) is 25.2 Å². The van der Waals surface area contributed by atoms with Gasteiger partial charge in [-0.05, 0) is 23.8 Å². The van der Waals surface area contributed by atoms with Crippen LogP contribution in [0, 0.1) is 0 Å². The molecule has 1 saturated heterocycles. The van der Waals surface area contributed by atoms with Gasteiger partial charge in [0.25, 0.3) is 0 Å². The number of methoxy groups -OCH3 is 2. The molecule has 0 spiro atoms. The average Bonchev–Trinajstić information content (AvgIpc) is 2.79. The number of nitrogens with one attached hydrogen (secondary N) is 3. The fraction of sp³-hybridized carbons (Fsp3) is 0.375. The van der Waals surface area contributed by atoms with Gasteiger partial charge in [0, 0.05) is 6.07 Å². The highest BCUT2D eigenvalue weighted by molar-refractivity contribution is 5.92. The van der Waals surface area contributed by atoms with Gasteiger partial charge in [0.1, 0.15) is 37.7 Å². The summed E-state index contributed by atoms with van der Waals surface area (Å²) in [5.41, 5.74) is 1.93. The first-order chi connectivity index (χ1) is 14.7. The quantitative estimate of drug-likeness (QED) is 0.564. The van der Waals surface area contributed by atoms with Gasteiger partial charge in [0.05, 0.1) is 39.4 Å². The molecule has 1 heterocycles. The van der Waals surface area contributed by atoms with Crippen molar-refractivity contribution in [1.29, 1.82) is 0 Å². The summed E-state index contributed by atoms with van der Waals surface area (Å²) in [6.07, 6.45) is 4.98. The molecular formula is C24H33N3O3+2. The molecule has 0 aromatic heterocycles. The Morgan fingerprint density at radius 2 is 1.73 bits per heavy atom. The van der Waals surface area contributed by atoms with Gasteiger partial charge in [0.15, 0.2) is 0 Å². The third-order valence-corrected chi connectivity index (χ3v) is 5.57. The number of carbonyl (C=O) groups is 1. The lowest BCUT2D eigenvalue weighted by molar-refractivity contribution is -1.01. The lowest BCUT2D eigenvalue weighted by atomic mass is 10.2. The zero-order valence-corrected chi connectivity index (χ0v) is 17.9. The zero-order valence-electron chi connectivity index (χ0n) is 17.9. The molecular weight excluding hydrogens is 378 g/mol. The molecule has 1 fully saturated rings. The minimum atomic E-state index is 0.0199. The fourth-order valence-electron chi connectivity index (χ4n) is 3.74. The fourth-order valence-corrected chi connectivity index (χ4v) is 3.74. The summed E-state index contributed by atoms with van der Waals surface area (Å²) in [5.74, 6) is 1.33. The van der Waals surface area contributed by atoms with Gasteiger partial charge >= 0.3 is 0 Å². The van der Waals surface area contributed by atoms with Crippen LogP contribution in [-0.2, 0) is 4.79 Å². The molecule has 2 aromatic carbocycles. The Hall–Kier alpha value is -2.83. The van der Waals surface area contributed by atoms with Crippen LogP contribution >= 0.6 is 0 Å². The highest BCUT2D eigenvalue weighted by Gasteiger charge is 2.22. The molecule has 0 bridgehead atoms. The number of benzene rings is 2. The van der Waals surface area contributed by atoms with E-state index in [1.165, 1.54) is 10.5 Å². The van der Waals surface area contributed by atoms with Crippen molar-refractivity contribution in [2.75, 3.05) is 58.8 Å². The number of quaternary nitrogens is 2. The van der Waals surface area contributed by atoms with E-state index in [0.717, 1.165) is 39.3 Å². The monoisotopic (exact) mass is 411 g/mol. The zero-order chi connectivity index (χ0) is 21.2. The molecule has 6 heteroatoms. The van der Waals surface area contributed by atoms with Crippen LogP contribution in [-0.4, -0.2) is 59.4 Å². The second-order valence-corrected chi connectivity index (χ2v) is 7.63. The average molecular weight is 412 g/mol. The molecule has 0 saturated carbocycles. The van der Waals surface area contributed by atoms with Crippen LogP contribution in [0.2, 0.25) is 0 Å². The van der Waals surface area contributed by atoms with Crippen molar-refractivity contribution in [2.24, 2.45) is 0 Å². The molecule has 1 aliphatic heterocycles. The van der Waals surface area contributed by atoms with Crippen LogP contribution < -0.4 is 24.6 Å².